The molecule has 3 rings (SSSR count). The maximum atomic E-state index is 12.3. The van der Waals surface area contributed by atoms with Crippen LogP contribution in [0.2, 0.25) is 10.0 Å². The zero-order valence-corrected chi connectivity index (χ0v) is 16.8. The van der Waals surface area contributed by atoms with Crippen molar-refractivity contribution in [2.75, 3.05) is 25.3 Å². The summed E-state index contributed by atoms with van der Waals surface area (Å²) in [6, 6.07) is 8.54. The lowest BCUT2D eigenvalue weighted by molar-refractivity contribution is -0.113. The van der Waals surface area contributed by atoms with E-state index in [4.69, 9.17) is 32.7 Å². The van der Waals surface area contributed by atoms with Crippen LogP contribution in [0, 0.1) is 0 Å². The Hall–Kier alpha value is -2.22. The molecule has 9 heteroatoms. The Balaban J connectivity index is 1.81. The third-order valence-corrected chi connectivity index (χ3v) is 5.20. The summed E-state index contributed by atoms with van der Waals surface area (Å²) >= 11 is 13.2. The third-order valence-electron chi connectivity index (χ3n) is 3.68. The van der Waals surface area contributed by atoms with E-state index in [1.54, 1.807) is 44.7 Å². The Labute approximate surface area is 170 Å². The van der Waals surface area contributed by atoms with Crippen molar-refractivity contribution in [3.05, 3.63) is 46.6 Å². The van der Waals surface area contributed by atoms with E-state index in [9.17, 15) is 4.79 Å². The second-order valence-electron chi connectivity index (χ2n) is 5.38. The van der Waals surface area contributed by atoms with E-state index in [0.29, 0.717) is 32.3 Å². The first-order valence-corrected chi connectivity index (χ1v) is 9.51. The highest BCUT2D eigenvalue weighted by atomic mass is 35.5. The molecule has 0 unspecified atom stereocenters. The zero-order chi connectivity index (χ0) is 19.4. The van der Waals surface area contributed by atoms with Crippen LogP contribution < -0.4 is 14.8 Å². The number of aromatic nitrogens is 2. The van der Waals surface area contributed by atoms with Crippen LogP contribution >= 0.6 is 35.0 Å². The highest BCUT2D eigenvalue weighted by Gasteiger charge is 2.16. The van der Waals surface area contributed by atoms with Crippen LogP contribution in [0.25, 0.3) is 10.8 Å². The van der Waals surface area contributed by atoms with Gasteiger partial charge < -0.3 is 14.8 Å². The fourth-order valence-electron chi connectivity index (χ4n) is 2.48. The normalized spacial score (nSPS) is 10.7. The number of nitrogens with one attached hydrogen (secondary N) is 1. The Bertz CT molecular complexity index is 1000. The largest absolute Gasteiger partial charge is 0.493 e. The quantitative estimate of drug-likeness (QED) is 0.579. The lowest BCUT2D eigenvalue weighted by Crippen LogP contribution is -2.14. The van der Waals surface area contributed by atoms with Crippen LogP contribution in [0.5, 0.6) is 11.5 Å². The maximum absolute atomic E-state index is 12.3. The minimum atomic E-state index is -0.232. The van der Waals surface area contributed by atoms with Crippen LogP contribution in [-0.2, 0) is 4.79 Å². The lowest BCUT2D eigenvalue weighted by Gasteiger charge is -2.12. The minimum Gasteiger partial charge on any atom is -0.493 e. The molecule has 6 nitrogen and oxygen atoms in total. The van der Waals surface area contributed by atoms with E-state index in [2.05, 4.69) is 15.5 Å². The molecule has 27 heavy (non-hydrogen) atoms. The molecule has 0 spiro atoms. The van der Waals surface area contributed by atoms with Gasteiger partial charge in [0.15, 0.2) is 11.5 Å². The van der Waals surface area contributed by atoms with E-state index in [0.717, 1.165) is 10.8 Å². The molecular formula is C18H15Cl2N3O3S. The van der Waals surface area contributed by atoms with Crippen molar-refractivity contribution in [2.45, 2.75) is 5.03 Å². The summed E-state index contributed by atoms with van der Waals surface area (Å²) in [7, 11) is 3.12. The number of nitrogens with zero attached hydrogens (tertiary/aromatic N) is 2. The Morgan fingerprint density at radius 3 is 2.70 bits per heavy atom. The third kappa shape index (κ3) is 4.37. The van der Waals surface area contributed by atoms with Gasteiger partial charge in [0.1, 0.15) is 5.03 Å². The van der Waals surface area contributed by atoms with Gasteiger partial charge in [-0.15, -0.1) is 5.10 Å². The van der Waals surface area contributed by atoms with Gasteiger partial charge in [0.25, 0.3) is 0 Å². The maximum Gasteiger partial charge on any atom is 0.234 e. The highest BCUT2D eigenvalue weighted by Crippen LogP contribution is 2.39. The summed E-state index contributed by atoms with van der Waals surface area (Å²) in [4.78, 5) is 12.3. The molecule has 0 saturated carbocycles. The average Bonchev–Trinajstić information content (AvgIpc) is 2.67. The summed E-state index contributed by atoms with van der Waals surface area (Å²) in [5.74, 6) is 1.02. The van der Waals surface area contributed by atoms with Crippen LogP contribution in [-0.4, -0.2) is 36.1 Å². The van der Waals surface area contributed by atoms with Crippen LogP contribution in [0.4, 0.5) is 5.69 Å². The Morgan fingerprint density at radius 2 is 2.00 bits per heavy atom. The molecule has 0 bridgehead atoms. The predicted octanol–water partition coefficient (Wildman–Crippen LogP) is 4.68. The molecular weight excluding hydrogens is 409 g/mol. The molecule has 0 aliphatic rings. The van der Waals surface area contributed by atoms with Gasteiger partial charge in [0, 0.05) is 10.4 Å². The fourth-order valence-corrected chi connectivity index (χ4v) is 3.73. The zero-order valence-electron chi connectivity index (χ0n) is 14.5. The number of carbonyl (C=O) groups is 1. The second-order valence-corrected chi connectivity index (χ2v) is 7.18. The van der Waals surface area contributed by atoms with Gasteiger partial charge in [-0.25, -0.2) is 0 Å². The first-order chi connectivity index (χ1) is 13.0. The molecule has 2 aromatic carbocycles. The minimum absolute atomic E-state index is 0.118. The van der Waals surface area contributed by atoms with Gasteiger partial charge >= 0.3 is 0 Å². The number of carbonyl (C=O) groups excluding carboxylic acids is 1. The number of amides is 1. The molecule has 0 aliphatic carbocycles. The molecule has 0 radical (unpaired) electrons. The second kappa shape index (κ2) is 8.65. The number of fused-ring (bicyclic) bond motifs is 1. The number of ether oxygens (including phenoxy) is 2. The molecule has 0 fully saturated rings. The van der Waals surface area contributed by atoms with Crippen molar-refractivity contribution < 1.29 is 14.3 Å². The van der Waals surface area contributed by atoms with Crippen molar-refractivity contribution in [2.24, 2.45) is 0 Å². The predicted molar refractivity (Wildman–Crippen MR) is 108 cm³/mol. The summed E-state index contributed by atoms with van der Waals surface area (Å²) in [5, 5.41) is 13.9. The van der Waals surface area contributed by atoms with E-state index >= 15 is 0 Å². The number of hydrogen-bond donors (Lipinski definition) is 1. The van der Waals surface area contributed by atoms with Gasteiger partial charge in [0.2, 0.25) is 5.91 Å². The van der Waals surface area contributed by atoms with Gasteiger partial charge in [-0.1, -0.05) is 35.0 Å². The lowest BCUT2D eigenvalue weighted by atomic mass is 10.2. The summed E-state index contributed by atoms with van der Waals surface area (Å²) < 4.78 is 10.8. The van der Waals surface area contributed by atoms with E-state index in [-0.39, 0.29) is 11.7 Å². The Morgan fingerprint density at radius 1 is 1.19 bits per heavy atom. The van der Waals surface area contributed by atoms with Crippen molar-refractivity contribution in [1.29, 1.82) is 0 Å². The fraction of sp³-hybridized carbons (Fsp3) is 0.167. The number of hydrogen-bond acceptors (Lipinski definition) is 6. The molecule has 0 atom stereocenters. The molecule has 0 aliphatic heterocycles. The number of methoxy groups -OCH3 is 2. The molecule has 1 aromatic heterocycles. The number of thioether (sulfide) groups is 1. The van der Waals surface area contributed by atoms with Crippen LogP contribution in [0.15, 0.2) is 41.6 Å². The average molecular weight is 424 g/mol. The van der Waals surface area contributed by atoms with E-state index in [1.165, 1.54) is 11.8 Å². The molecule has 1 heterocycles. The number of anilines is 1. The topological polar surface area (TPSA) is 73.3 Å². The number of benzene rings is 2. The van der Waals surface area contributed by atoms with Gasteiger partial charge in [0.05, 0.1) is 42.3 Å². The van der Waals surface area contributed by atoms with E-state index < -0.39 is 0 Å². The Kier molecular flexibility index (Phi) is 6.26. The van der Waals surface area contributed by atoms with Crippen molar-refractivity contribution in [3.8, 4) is 11.5 Å². The molecule has 0 saturated heterocycles. The SMILES string of the molecule is COc1ccc2cnnc(SCC(=O)Nc3ccc(Cl)cc3Cl)c2c1OC. The molecule has 140 valence electrons. The van der Waals surface area contributed by atoms with E-state index in [1.807, 2.05) is 6.07 Å². The summed E-state index contributed by atoms with van der Waals surface area (Å²) in [6.07, 6.45) is 1.63. The van der Waals surface area contributed by atoms with Crippen molar-refractivity contribution in [1.82, 2.24) is 10.2 Å². The summed E-state index contributed by atoms with van der Waals surface area (Å²) in [5.41, 5.74) is 0.495. The van der Waals surface area contributed by atoms with Crippen LogP contribution in [0.1, 0.15) is 0 Å². The molecule has 3 aromatic rings. The van der Waals surface area contributed by atoms with Gasteiger partial charge in [-0.05, 0) is 30.3 Å². The number of rotatable bonds is 6. The van der Waals surface area contributed by atoms with Crippen molar-refractivity contribution >= 4 is 57.3 Å². The van der Waals surface area contributed by atoms with Crippen molar-refractivity contribution in [3.63, 3.8) is 0 Å². The monoisotopic (exact) mass is 423 g/mol. The highest BCUT2D eigenvalue weighted by molar-refractivity contribution is 8.00. The molecule has 1 N–H and O–H groups in total. The smallest absolute Gasteiger partial charge is 0.234 e. The number of halogens is 2. The van der Waals surface area contributed by atoms with Gasteiger partial charge in [-0.3, -0.25) is 4.79 Å². The van der Waals surface area contributed by atoms with Gasteiger partial charge in [-0.2, -0.15) is 5.10 Å². The summed E-state index contributed by atoms with van der Waals surface area (Å²) in [6.45, 7) is 0. The first kappa shape index (κ1) is 19.5. The molecule has 1 amide bonds. The first-order valence-electron chi connectivity index (χ1n) is 7.77. The standard InChI is InChI=1S/C18H15Cl2N3O3S/c1-25-14-6-3-10-8-21-23-18(16(10)17(14)26-2)27-9-15(24)22-13-5-4-11(19)7-12(13)20/h3-8H,9H2,1-2H3,(H,22,24). The van der Waals surface area contributed by atoms with Crippen LogP contribution in [0.3, 0.4) is 0 Å².